The van der Waals surface area contributed by atoms with E-state index in [-0.39, 0.29) is 12.2 Å². The van der Waals surface area contributed by atoms with Crippen LogP contribution in [-0.4, -0.2) is 16.1 Å². The molecule has 0 saturated carbocycles. The highest BCUT2D eigenvalue weighted by atomic mass is 35.5. The largest absolute Gasteiger partial charge is 0.488 e. The van der Waals surface area contributed by atoms with E-state index in [1.54, 1.807) is 19.1 Å². The molecule has 0 spiro atoms. The lowest BCUT2D eigenvalue weighted by Crippen LogP contribution is -2.05. The van der Waals surface area contributed by atoms with Gasteiger partial charge in [0.15, 0.2) is 0 Å². The average Bonchev–Trinajstić information content (AvgIpc) is 2.37. The van der Waals surface area contributed by atoms with Crippen LogP contribution in [0.15, 0.2) is 36.5 Å². The highest BCUT2D eigenvalue weighted by molar-refractivity contribution is 6.31. The summed E-state index contributed by atoms with van der Waals surface area (Å²) >= 11 is 6.02. The molecule has 5 heteroatoms. The summed E-state index contributed by atoms with van der Waals surface area (Å²) in [6, 6.07) is 8.86. The number of aryl methyl sites for hydroxylation is 1. The molecule has 0 saturated heterocycles. The minimum absolute atomic E-state index is 0.0395. The molecule has 0 bridgehead atoms. The number of carbonyl (C=O) groups is 1. The second-order valence-electron chi connectivity index (χ2n) is 4.01. The van der Waals surface area contributed by atoms with Gasteiger partial charge in [-0.3, -0.25) is 4.98 Å². The van der Waals surface area contributed by atoms with Crippen molar-refractivity contribution in [1.29, 1.82) is 0 Å². The molecule has 0 aliphatic heterocycles. The van der Waals surface area contributed by atoms with E-state index in [2.05, 4.69) is 4.98 Å². The lowest BCUT2D eigenvalue weighted by atomic mass is 10.2. The average molecular weight is 278 g/mol. The summed E-state index contributed by atoms with van der Waals surface area (Å²) in [5, 5.41) is 9.65. The van der Waals surface area contributed by atoms with E-state index in [1.165, 1.54) is 6.20 Å². The topological polar surface area (TPSA) is 59.4 Å². The third-order valence-corrected chi connectivity index (χ3v) is 2.94. The Hall–Kier alpha value is -2.07. The summed E-state index contributed by atoms with van der Waals surface area (Å²) in [6.45, 7) is 1.98. The van der Waals surface area contributed by atoms with Crippen LogP contribution in [0, 0.1) is 6.92 Å². The van der Waals surface area contributed by atoms with E-state index < -0.39 is 5.97 Å². The molecule has 0 radical (unpaired) electrons. The predicted molar refractivity (Wildman–Crippen MR) is 71.7 cm³/mol. The third-order valence-electron chi connectivity index (χ3n) is 2.57. The summed E-state index contributed by atoms with van der Waals surface area (Å²) in [5.41, 5.74) is 1.53. The number of hydrogen-bond acceptors (Lipinski definition) is 3. The molecule has 2 aromatic rings. The Bertz CT molecular complexity index is 613. The zero-order valence-corrected chi connectivity index (χ0v) is 11.0. The smallest absolute Gasteiger partial charge is 0.341 e. The van der Waals surface area contributed by atoms with E-state index in [0.717, 1.165) is 5.56 Å². The van der Waals surface area contributed by atoms with Gasteiger partial charge < -0.3 is 9.84 Å². The summed E-state index contributed by atoms with van der Waals surface area (Å²) < 4.78 is 5.54. The summed E-state index contributed by atoms with van der Waals surface area (Å²) in [5.74, 6) is -0.776. The number of aromatic nitrogens is 1. The molecular formula is C14H12ClNO3. The Morgan fingerprint density at radius 1 is 1.42 bits per heavy atom. The Labute approximate surface area is 115 Å². The summed E-state index contributed by atoms with van der Waals surface area (Å²) in [4.78, 5) is 15.0. The van der Waals surface area contributed by atoms with Crippen molar-refractivity contribution in [1.82, 2.24) is 4.98 Å². The standard InChI is InChI=1S/C14H12ClNO3/c1-9-6-13(11(7-16-9)14(17)18)19-8-10-4-2-3-5-12(10)15/h2-7H,8H2,1H3,(H,17,18). The van der Waals surface area contributed by atoms with Crippen molar-refractivity contribution >= 4 is 17.6 Å². The van der Waals surface area contributed by atoms with Crippen molar-refractivity contribution in [2.24, 2.45) is 0 Å². The Morgan fingerprint density at radius 3 is 2.84 bits per heavy atom. The van der Waals surface area contributed by atoms with E-state index in [9.17, 15) is 4.79 Å². The molecule has 0 aliphatic carbocycles. The molecule has 2 rings (SSSR count). The molecule has 0 atom stereocenters. The normalized spacial score (nSPS) is 10.2. The molecule has 19 heavy (non-hydrogen) atoms. The van der Waals surface area contributed by atoms with E-state index in [0.29, 0.717) is 16.5 Å². The Kier molecular flexibility index (Phi) is 4.02. The highest BCUT2D eigenvalue weighted by Crippen LogP contribution is 2.22. The van der Waals surface area contributed by atoms with Gasteiger partial charge in [-0.2, -0.15) is 0 Å². The van der Waals surface area contributed by atoms with Gasteiger partial charge in [-0.25, -0.2) is 4.79 Å². The first-order valence-electron chi connectivity index (χ1n) is 5.64. The van der Waals surface area contributed by atoms with Gasteiger partial charge in [0.2, 0.25) is 0 Å². The molecule has 0 aliphatic rings. The highest BCUT2D eigenvalue weighted by Gasteiger charge is 2.12. The van der Waals surface area contributed by atoms with Crippen LogP contribution in [0.3, 0.4) is 0 Å². The molecule has 0 unspecified atom stereocenters. The van der Waals surface area contributed by atoms with Crippen LogP contribution in [0.5, 0.6) is 5.75 Å². The molecule has 1 heterocycles. The number of hydrogen-bond donors (Lipinski definition) is 1. The molecule has 1 N–H and O–H groups in total. The van der Waals surface area contributed by atoms with Crippen molar-refractivity contribution < 1.29 is 14.6 Å². The van der Waals surface area contributed by atoms with Crippen LogP contribution < -0.4 is 4.74 Å². The first kappa shape index (κ1) is 13.4. The Balaban J connectivity index is 2.22. The lowest BCUT2D eigenvalue weighted by Gasteiger charge is -2.10. The number of ether oxygens (including phenoxy) is 1. The van der Waals surface area contributed by atoms with E-state index in [4.69, 9.17) is 21.4 Å². The van der Waals surface area contributed by atoms with Gasteiger partial charge >= 0.3 is 5.97 Å². The van der Waals surface area contributed by atoms with Crippen molar-refractivity contribution in [3.63, 3.8) is 0 Å². The first-order chi connectivity index (χ1) is 9.08. The number of rotatable bonds is 4. The molecule has 4 nitrogen and oxygen atoms in total. The van der Waals surface area contributed by atoms with Crippen molar-refractivity contribution in [3.05, 3.63) is 58.4 Å². The fraction of sp³-hybridized carbons (Fsp3) is 0.143. The number of carboxylic acids is 1. The number of nitrogens with zero attached hydrogens (tertiary/aromatic N) is 1. The zero-order chi connectivity index (χ0) is 13.8. The number of pyridine rings is 1. The van der Waals surface area contributed by atoms with Gasteiger partial charge in [-0.1, -0.05) is 29.8 Å². The van der Waals surface area contributed by atoms with Gasteiger partial charge in [0.25, 0.3) is 0 Å². The number of aromatic carboxylic acids is 1. The van der Waals surface area contributed by atoms with Crippen molar-refractivity contribution in [2.45, 2.75) is 13.5 Å². The Morgan fingerprint density at radius 2 is 2.16 bits per heavy atom. The SMILES string of the molecule is Cc1cc(OCc2ccccc2Cl)c(C(=O)O)cn1. The third kappa shape index (κ3) is 3.23. The maximum atomic E-state index is 11.1. The van der Waals surface area contributed by atoms with Crippen LogP contribution in [0.25, 0.3) is 0 Å². The van der Waals surface area contributed by atoms with Gasteiger partial charge in [0, 0.05) is 28.5 Å². The van der Waals surface area contributed by atoms with Crippen LogP contribution in [0.1, 0.15) is 21.6 Å². The second-order valence-corrected chi connectivity index (χ2v) is 4.41. The van der Waals surface area contributed by atoms with Crippen molar-refractivity contribution in [2.75, 3.05) is 0 Å². The molecule has 1 aromatic heterocycles. The first-order valence-corrected chi connectivity index (χ1v) is 6.02. The van der Waals surface area contributed by atoms with Gasteiger partial charge in [0.1, 0.15) is 17.9 Å². The van der Waals surface area contributed by atoms with Gasteiger partial charge in [-0.05, 0) is 13.0 Å². The fourth-order valence-electron chi connectivity index (χ4n) is 1.59. The molecule has 0 amide bonds. The number of halogens is 1. The summed E-state index contributed by atoms with van der Waals surface area (Å²) in [6.07, 6.45) is 1.29. The maximum absolute atomic E-state index is 11.1. The predicted octanol–water partition coefficient (Wildman–Crippen LogP) is 3.32. The van der Waals surface area contributed by atoms with Gasteiger partial charge in [0.05, 0.1) is 0 Å². The van der Waals surface area contributed by atoms with Crippen LogP contribution >= 0.6 is 11.6 Å². The zero-order valence-electron chi connectivity index (χ0n) is 10.3. The lowest BCUT2D eigenvalue weighted by molar-refractivity contribution is 0.0691. The second kappa shape index (κ2) is 5.71. The van der Waals surface area contributed by atoms with Crippen LogP contribution in [0.2, 0.25) is 5.02 Å². The number of benzene rings is 1. The fourth-order valence-corrected chi connectivity index (χ4v) is 1.78. The number of carboxylic acid groups (broad SMARTS) is 1. The van der Waals surface area contributed by atoms with E-state index >= 15 is 0 Å². The van der Waals surface area contributed by atoms with Crippen LogP contribution in [0.4, 0.5) is 0 Å². The monoisotopic (exact) mass is 277 g/mol. The maximum Gasteiger partial charge on any atom is 0.341 e. The molecule has 0 fully saturated rings. The van der Waals surface area contributed by atoms with Crippen molar-refractivity contribution in [3.8, 4) is 5.75 Å². The molecular weight excluding hydrogens is 266 g/mol. The van der Waals surface area contributed by atoms with Crippen LogP contribution in [-0.2, 0) is 6.61 Å². The quantitative estimate of drug-likeness (QED) is 0.931. The molecule has 98 valence electrons. The minimum Gasteiger partial charge on any atom is -0.488 e. The van der Waals surface area contributed by atoms with E-state index in [1.807, 2.05) is 18.2 Å². The minimum atomic E-state index is -1.07. The molecule has 1 aromatic carbocycles. The summed E-state index contributed by atoms with van der Waals surface area (Å²) in [7, 11) is 0. The van der Waals surface area contributed by atoms with Gasteiger partial charge in [-0.15, -0.1) is 0 Å².